The Hall–Kier alpha value is -6.39. The van der Waals surface area contributed by atoms with Crippen LogP contribution >= 0.6 is 0 Å². The normalized spacial score (nSPS) is 14.0. The van der Waals surface area contributed by atoms with Crippen LogP contribution < -0.4 is 5.73 Å². The number of nitrogens with zero attached hydrogens (tertiary/aromatic N) is 2. The Balaban J connectivity index is 0.000000161. The molecule has 9 aromatic rings. The largest absolute Gasteiger partial charge is 0.398 e. The molecule has 0 fully saturated rings. The summed E-state index contributed by atoms with van der Waals surface area (Å²) in [6.07, 6.45) is 3.47. The number of nitrogen functional groups attached to an aromatic ring is 1. The van der Waals surface area contributed by atoms with Crippen LogP contribution in [0.5, 0.6) is 0 Å². The van der Waals surface area contributed by atoms with Gasteiger partial charge in [-0.2, -0.15) is 0 Å². The summed E-state index contributed by atoms with van der Waals surface area (Å²) in [6, 6.07) is 57.2. The van der Waals surface area contributed by atoms with Crippen molar-refractivity contribution < 1.29 is 0 Å². The van der Waals surface area contributed by atoms with Crippen molar-refractivity contribution in [2.45, 2.75) is 25.2 Å². The highest BCUT2D eigenvalue weighted by molar-refractivity contribution is 6.17. The first-order valence-corrected chi connectivity index (χ1v) is 18.1. The van der Waals surface area contributed by atoms with Crippen LogP contribution in [0, 0.1) is 5.41 Å². The van der Waals surface area contributed by atoms with Gasteiger partial charge in [0, 0.05) is 62.3 Å². The van der Waals surface area contributed by atoms with Crippen molar-refractivity contribution in [1.82, 2.24) is 9.13 Å². The first kappa shape index (κ1) is 31.6. The van der Waals surface area contributed by atoms with Crippen molar-refractivity contribution in [2.24, 2.45) is 7.05 Å². The Morgan fingerprint density at radius 2 is 1.25 bits per heavy atom. The fraction of sp³-hybridized carbons (Fsp3) is 0.104. The Bertz CT molecular complexity index is 2750. The van der Waals surface area contributed by atoms with Gasteiger partial charge in [-0.1, -0.05) is 133 Å². The summed E-state index contributed by atoms with van der Waals surface area (Å²) in [5, 5.41) is 14.5. The van der Waals surface area contributed by atoms with Gasteiger partial charge in [0.25, 0.3) is 0 Å². The third kappa shape index (κ3) is 5.35. The SMILES string of the molecule is Cn1c2c(c3ccccc31)CC(c1ccc3c4ccccc4n(-c4ccccc4)c3c1)CC2.N=C(c1ccccc1)c1ccc2ccccc2c1N. The fourth-order valence-corrected chi connectivity index (χ4v) is 8.39. The monoisotopic (exact) mass is 672 g/mol. The van der Waals surface area contributed by atoms with Crippen LogP contribution in [0.15, 0.2) is 164 Å². The predicted molar refractivity (Wildman–Crippen MR) is 219 cm³/mol. The minimum atomic E-state index is 0.462. The molecule has 4 nitrogen and oxygen atoms in total. The molecule has 0 saturated carbocycles. The number of benzene rings is 7. The summed E-state index contributed by atoms with van der Waals surface area (Å²) < 4.78 is 4.84. The van der Waals surface area contributed by atoms with Crippen LogP contribution in [-0.4, -0.2) is 14.8 Å². The van der Waals surface area contributed by atoms with Gasteiger partial charge in [-0.25, -0.2) is 0 Å². The molecule has 2 heterocycles. The zero-order chi connectivity index (χ0) is 35.2. The van der Waals surface area contributed by atoms with Crippen LogP contribution in [0.3, 0.4) is 0 Å². The molecule has 0 radical (unpaired) electrons. The molecular weight excluding hydrogens is 633 g/mol. The number of fused-ring (bicyclic) bond motifs is 7. The zero-order valence-electron chi connectivity index (χ0n) is 29.3. The summed E-state index contributed by atoms with van der Waals surface area (Å²) in [4.78, 5) is 0. The van der Waals surface area contributed by atoms with Gasteiger partial charge in [-0.15, -0.1) is 0 Å². The van der Waals surface area contributed by atoms with Crippen molar-refractivity contribution in [1.29, 1.82) is 5.41 Å². The van der Waals surface area contributed by atoms with Crippen LogP contribution in [0.2, 0.25) is 0 Å². The molecule has 1 aliphatic rings. The quantitative estimate of drug-likeness (QED) is 0.142. The lowest BCUT2D eigenvalue weighted by molar-refractivity contribution is 0.569. The molecule has 0 aliphatic heterocycles. The number of hydrogen-bond acceptors (Lipinski definition) is 2. The molecule has 7 aromatic carbocycles. The fourth-order valence-electron chi connectivity index (χ4n) is 8.39. The average Bonchev–Trinajstić information content (AvgIpc) is 3.69. The van der Waals surface area contributed by atoms with Crippen LogP contribution in [0.25, 0.3) is 49.2 Å². The highest BCUT2D eigenvalue weighted by atomic mass is 15.0. The van der Waals surface area contributed by atoms with Crippen LogP contribution in [0.4, 0.5) is 5.69 Å². The smallest absolute Gasteiger partial charge is 0.0705 e. The molecule has 0 amide bonds. The number of aryl methyl sites for hydroxylation is 1. The Morgan fingerprint density at radius 1 is 0.615 bits per heavy atom. The van der Waals surface area contributed by atoms with E-state index in [1.807, 2.05) is 66.7 Å². The minimum absolute atomic E-state index is 0.462. The summed E-state index contributed by atoms with van der Waals surface area (Å²) in [6.45, 7) is 0. The first-order chi connectivity index (χ1) is 25.6. The number of nitrogens with one attached hydrogen (secondary N) is 1. The zero-order valence-corrected chi connectivity index (χ0v) is 29.3. The Kier molecular flexibility index (Phi) is 7.93. The lowest BCUT2D eigenvalue weighted by Gasteiger charge is -2.24. The highest BCUT2D eigenvalue weighted by Crippen LogP contribution is 2.40. The molecule has 1 unspecified atom stereocenters. The molecule has 52 heavy (non-hydrogen) atoms. The van der Waals surface area contributed by atoms with Crippen molar-refractivity contribution in [2.75, 3.05) is 5.73 Å². The maximum Gasteiger partial charge on any atom is 0.0705 e. The summed E-state index contributed by atoms with van der Waals surface area (Å²) >= 11 is 0. The molecule has 0 bridgehead atoms. The molecule has 0 spiro atoms. The van der Waals surface area contributed by atoms with Gasteiger partial charge in [-0.05, 0) is 72.0 Å². The van der Waals surface area contributed by atoms with Crippen LogP contribution in [0.1, 0.15) is 40.3 Å². The molecule has 0 saturated heterocycles. The lowest BCUT2D eigenvalue weighted by Crippen LogP contribution is -2.14. The standard InChI is InChI=1S/C31H26N2.C17H14N2/c1-32-28-13-7-5-12-25(28)27-19-21(16-18-29(27)32)22-15-17-26-24-11-6-8-14-30(24)33(31(26)20-22)23-9-3-2-4-10-23;18-16(13-7-2-1-3-8-13)15-11-10-12-6-4-5-9-14(12)17(15)19/h2-15,17,20-21H,16,18-19H2,1H3;1-11,18H,19H2. The third-order valence-corrected chi connectivity index (χ3v) is 11.0. The van der Waals surface area contributed by atoms with E-state index in [1.54, 1.807) is 5.56 Å². The summed E-state index contributed by atoms with van der Waals surface area (Å²) in [7, 11) is 2.23. The molecule has 252 valence electrons. The van der Waals surface area contributed by atoms with Gasteiger partial charge in [-0.3, -0.25) is 5.41 Å². The van der Waals surface area contributed by atoms with Gasteiger partial charge < -0.3 is 14.9 Å². The predicted octanol–water partition coefficient (Wildman–Crippen LogP) is 11.4. The van der Waals surface area contributed by atoms with E-state index in [9.17, 15) is 0 Å². The second kappa shape index (κ2) is 13.1. The number of anilines is 1. The van der Waals surface area contributed by atoms with Crippen molar-refractivity contribution in [3.8, 4) is 5.69 Å². The molecule has 3 N–H and O–H groups in total. The first-order valence-electron chi connectivity index (χ1n) is 18.1. The van der Waals surface area contributed by atoms with Crippen molar-refractivity contribution in [3.05, 3.63) is 192 Å². The number of hydrogen-bond donors (Lipinski definition) is 2. The van der Waals surface area contributed by atoms with Gasteiger partial charge in [0.1, 0.15) is 0 Å². The second-order valence-corrected chi connectivity index (χ2v) is 13.9. The average molecular weight is 673 g/mol. The van der Waals surface area contributed by atoms with Crippen LogP contribution in [-0.2, 0) is 19.9 Å². The Labute approximate surface area is 303 Å². The third-order valence-electron chi connectivity index (χ3n) is 11.0. The molecule has 2 aromatic heterocycles. The van der Waals surface area contributed by atoms with Gasteiger partial charge in [0.2, 0.25) is 0 Å². The maximum absolute atomic E-state index is 8.31. The number of para-hydroxylation sites is 3. The van der Waals surface area contributed by atoms with Gasteiger partial charge >= 0.3 is 0 Å². The molecule has 4 heteroatoms. The summed E-state index contributed by atoms with van der Waals surface area (Å²) in [5.74, 6) is 0.551. The van der Waals surface area contributed by atoms with E-state index >= 15 is 0 Å². The van der Waals surface area contributed by atoms with Crippen molar-refractivity contribution in [3.63, 3.8) is 0 Å². The topological polar surface area (TPSA) is 59.7 Å². The highest BCUT2D eigenvalue weighted by Gasteiger charge is 2.26. The van der Waals surface area contributed by atoms with E-state index in [0.717, 1.165) is 34.7 Å². The molecule has 10 rings (SSSR count). The van der Waals surface area contributed by atoms with E-state index in [1.165, 1.54) is 56.1 Å². The molecule has 1 atom stereocenters. The van der Waals surface area contributed by atoms with Gasteiger partial charge in [0.15, 0.2) is 0 Å². The van der Waals surface area contributed by atoms with E-state index < -0.39 is 0 Å². The molecule has 1 aliphatic carbocycles. The van der Waals surface area contributed by atoms with E-state index in [-0.39, 0.29) is 0 Å². The lowest BCUT2D eigenvalue weighted by atomic mass is 9.82. The van der Waals surface area contributed by atoms with Gasteiger partial charge in [0.05, 0.1) is 16.7 Å². The number of nitrogens with two attached hydrogens (primary N) is 1. The number of rotatable bonds is 4. The van der Waals surface area contributed by atoms with E-state index in [4.69, 9.17) is 11.1 Å². The molecular formula is C48H40N4. The second-order valence-electron chi connectivity index (χ2n) is 13.9. The maximum atomic E-state index is 8.31. The van der Waals surface area contributed by atoms with Crippen molar-refractivity contribution >= 4 is 54.9 Å². The van der Waals surface area contributed by atoms with E-state index in [0.29, 0.717) is 17.3 Å². The summed E-state index contributed by atoms with van der Waals surface area (Å²) in [5.41, 5.74) is 18.7. The van der Waals surface area contributed by atoms with E-state index in [2.05, 4.69) is 113 Å². The Morgan fingerprint density at radius 3 is 2.04 bits per heavy atom. The minimum Gasteiger partial charge on any atom is -0.398 e. The number of aromatic nitrogens is 2.